The first kappa shape index (κ1) is 23.6. The van der Waals surface area contributed by atoms with Crippen LogP contribution in [0.3, 0.4) is 0 Å². The maximum Gasteiger partial charge on any atom is 0.241 e. The number of hydrogen-bond donors (Lipinski definition) is 0. The molecule has 8 heteroatoms. The number of halogens is 2. The van der Waals surface area contributed by atoms with Gasteiger partial charge in [0.05, 0.1) is 18.9 Å². The smallest absolute Gasteiger partial charge is 0.241 e. The van der Waals surface area contributed by atoms with Crippen molar-refractivity contribution >= 4 is 34.6 Å². The van der Waals surface area contributed by atoms with Gasteiger partial charge in [0.2, 0.25) is 11.8 Å². The summed E-state index contributed by atoms with van der Waals surface area (Å²) in [5.74, 6) is 0. The van der Waals surface area contributed by atoms with Gasteiger partial charge in [0.25, 0.3) is 0 Å². The Morgan fingerprint density at radius 2 is 1.50 bits per heavy atom. The van der Waals surface area contributed by atoms with Crippen molar-refractivity contribution in [3.05, 3.63) is 67.2 Å². The molecular weight excluding hydrogens is 473 g/mol. The minimum Gasteiger partial charge on any atom is -0.379 e. The van der Waals surface area contributed by atoms with E-state index in [4.69, 9.17) is 37.6 Å². The third kappa shape index (κ3) is 3.54. The molecule has 2 aromatic rings. The van der Waals surface area contributed by atoms with Gasteiger partial charge in [0.15, 0.2) is 0 Å². The fourth-order valence-electron chi connectivity index (χ4n) is 5.44. The molecule has 3 aliphatic rings. The first-order valence-corrected chi connectivity index (χ1v) is 12.3. The highest BCUT2D eigenvalue weighted by Gasteiger charge is 2.60. The van der Waals surface area contributed by atoms with Crippen LogP contribution < -0.4 is 0 Å². The van der Waals surface area contributed by atoms with Crippen molar-refractivity contribution < 1.29 is 14.4 Å². The molecule has 0 amide bonds. The lowest BCUT2D eigenvalue weighted by atomic mass is 9.80. The van der Waals surface area contributed by atoms with Crippen LogP contribution in [0, 0.1) is 34.6 Å². The topological polar surface area (TPSA) is 55.7 Å². The van der Waals surface area contributed by atoms with Crippen molar-refractivity contribution in [3.63, 3.8) is 0 Å². The van der Waals surface area contributed by atoms with Crippen LogP contribution in [-0.2, 0) is 14.4 Å². The lowest BCUT2D eigenvalue weighted by Gasteiger charge is -2.37. The number of morpholine rings is 1. The van der Waals surface area contributed by atoms with Crippen molar-refractivity contribution in [1.82, 2.24) is 4.90 Å². The Hall–Kier alpha value is -2.12. The van der Waals surface area contributed by atoms with E-state index in [0.29, 0.717) is 29.7 Å². The van der Waals surface area contributed by atoms with E-state index in [-0.39, 0.29) is 0 Å². The van der Waals surface area contributed by atoms with E-state index in [1.807, 2.05) is 20.8 Å². The van der Waals surface area contributed by atoms with E-state index < -0.39 is 11.8 Å². The quantitative estimate of drug-likeness (QED) is 0.557. The van der Waals surface area contributed by atoms with Gasteiger partial charge in [-0.3, -0.25) is 4.90 Å². The normalized spacial score (nSPS) is 24.7. The SMILES string of the molecule is Cc1cccc(C)c1C1=NO[C@H](N2CCOCC2)[C@]12CC(c1c(C)c(Cl)c(C)c(Cl)c1C)=NO2. The first-order chi connectivity index (χ1) is 16.3. The van der Waals surface area contributed by atoms with E-state index in [2.05, 4.69) is 47.3 Å². The summed E-state index contributed by atoms with van der Waals surface area (Å²) in [5.41, 5.74) is 7.70. The number of rotatable bonds is 3. The number of nitrogens with zero attached hydrogens (tertiary/aromatic N) is 3. The highest BCUT2D eigenvalue weighted by molar-refractivity contribution is 6.38. The van der Waals surface area contributed by atoms with Crippen molar-refractivity contribution in [2.75, 3.05) is 26.3 Å². The highest BCUT2D eigenvalue weighted by atomic mass is 35.5. The molecule has 34 heavy (non-hydrogen) atoms. The van der Waals surface area contributed by atoms with Gasteiger partial charge in [-0.15, -0.1) is 0 Å². The van der Waals surface area contributed by atoms with Gasteiger partial charge in [0, 0.05) is 40.7 Å². The molecule has 1 fully saturated rings. The lowest BCUT2D eigenvalue weighted by molar-refractivity contribution is -0.159. The van der Waals surface area contributed by atoms with Gasteiger partial charge in [-0.25, -0.2) is 0 Å². The van der Waals surface area contributed by atoms with Gasteiger partial charge >= 0.3 is 0 Å². The molecule has 0 bridgehead atoms. The molecule has 6 nitrogen and oxygen atoms in total. The largest absolute Gasteiger partial charge is 0.379 e. The van der Waals surface area contributed by atoms with Crippen LogP contribution in [0.1, 0.15) is 45.4 Å². The maximum atomic E-state index is 6.66. The third-order valence-electron chi connectivity index (χ3n) is 7.24. The Morgan fingerprint density at radius 3 is 2.12 bits per heavy atom. The monoisotopic (exact) mass is 501 g/mol. The molecule has 1 saturated heterocycles. The summed E-state index contributed by atoms with van der Waals surface area (Å²) >= 11 is 13.3. The molecule has 5 rings (SSSR count). The average Bonchev–Trinajstić information content (AvgIpc) is 3.42. The van der Waals surface area contributed by atoms with Gasteiger partial charge in [-0.05, 0) is 62.4 Å². The van der Waals surface area contributed by atoms with Crippen LogP contribution in [0.5, 0.6) is 0 Å². The van der Waals surface area contributed by atoms with E-state index in [1.54, 1.807) is 0 Å². The molecule has 180 valence electrons. The fraction of sp³-hybridized carbons (Fsp3) is 0.462. The second-order valence-corrected chi connectivity index (χ2v) is 10.1. The molecule has 3 aliphatic heterocycles. The molecular formula is C26H29Cl2N3O3. The van der Waals surface area contributed by atoms with E-state index in [1.165, 1.54) is 0 Å². The predicted octanol–water partition coefficient (Wildman–Crippen LogP) is 5.49. The van der Waals surface area contributed by atoms with Crippen LogP contribution >= 0.6 is 23.2 Å². The number of aryl methyl sites for hydroxylation is 2. The standard InChI is InChI=1S/C26H29Cl2N3O3/c1-14-7-6-8-15(2)20(14)24-26(25(33-30-24)31-9-11-32-12-10-31)13-19(29-34-26)21-16(3)22(27)18(5)23(28)17(21)4/h6-8,25H,9-13H2,1-5H3/t25-,26-/m0/s1. The molecule has 0 aromatic heterocycles. The van der Waals surface area contributed by atoms with Crippen LogP contribution in [0.4, 0.5) is 0 Å². The molecule has 0 unspecified atom stereocenters. The average molecular weight is 502 g/mol. The fourth-order valence-corrected chi connectivity index (χ4v) is 5.86. The Labute approximate surface area is 210 Å². The van der Waals surface area contributed by atoms with Crippen LogP contribution in [0.15, 0.2) is 28.5 Å². The number of oxime groups is 2. The second-order valence-electron chi connectivity index (χ2n) is 9.39. The Balaban J connectivity index is 1.61. The molecule has 0 aliphatic carbocycles. The maximum absolute atomic E-state index is 6.66. The zero-order valence-electron chi connectivity index (χ0n) is 20.2. The zero-order chi connectivity index (χ0) is 24.2. The van der Waals surface area contributed by atoms with Crippen LogP contribution in [0.25, 0.3) is 0 Å². The van der Waals surface area contributed by atoms with E-state index in [9.17, 15) is 0 Å². The Morgan fingerprint density at radius 1 is 0.882 bits per heavy atom. The predicted molar refractivity (Wildman–Crippen MR) is 135 cm³/mol. The van der Waals surface area contributed by atoms with Gasteiger partial charge in [-0.2, -0.15) is 0 Å². The summed E-state index contributed by atoms with van der Waals surface area (Å²) in [4.78, 5) is 14.8. The minimum atomic E-state index is -0.883. The second kappa shape index (κ2) is 8.83. The van der Waals surface area contributed by atoms with Crippen molar-refractivity contribution in [2.45, 2.75) is 52.9 Å². The van der Waals surface area contributed by atoms with Gasteiger partial charge in [-0.1, -0.05) is 51.7 Å². The van der Waals surface area contributed by atoms with Crippen molar-refractivity contribution in [3.8, 4) is 0 Å². The molecule has 2 atom stereocenters. The van der Waals surface area contributed by atoms with E-state index in [0.717, 1.165) is 63.5 Å². The van der Waals surface area contributed by atoms with Gasteiger partial charge in [0.1, 0.15) is 5.71 Å². The zero-order valence-corrected chi connectivity index (χ0v) is 21.7. The molecule has 0 saturated carbocycles. The molecule has 0 radical (unpaired) electrons. The molecule has 3 heterocycles. The minimum absolute atomic E-state index is 0.413. The summed E-state index contributed by atoms with van der Waals surface area (Å²) in [6, 6.07) is 6.23. The molecule has 2 aromatic carbocycles. The Kier molecular flexibility index (Phi) is 6.13. The molecule has 1 spiro atoms. The lowest BCUT2D eigenvalue weighted by Crippen LogP contribution is -2.57. The van der Waals surface area contributed by atoms with Crippen molar-refractivity contribution in [1.29, 1.82) is 0 Å². The van der Waals surface area contributed by atoms with Crippen LogP contribution in [-0.4, -0.2) is 54.5 Å². The Bertz CT molecular complexity index is 1170. The summed E-state index contributed by atoms with van der Waals surface area (Å²) < 4.78 is 5.59. The van der Waals surface area contributed by atoms with Gasteiger partial charge < -0.3 is 14.4 Å². The highest BCUT2D eigenvalue weighted by Crippen LogP contribution is 2.44. The summed E-state index contributed by atoms with van der Waals surface area (Å²) in [6.45, 7) is 12.9. The number of hydrogen-bond acceptors (Lipinski definition) is 6. The van der Waals surface area contributed by atoms with Crippen molar-refractivity contribution in [2.24, 2.45) is 10.3 Å². The number of ether oxygens (including phenoxy) is 1. The van der Waals surface area contributed by atoms with E-state index >= 15 is 0 Å². The summed E-state index contributed by atoms with van der Waals surface area (Å²) in [5, 5.41) is 10.6. The number of benzene rings is 2. The first-order valence-electron chi connectivity index (χ1n) is 11.6. The summed E-state index contributed by atoms with van der Waals surface area (Å²) in [7, 11) is 0. The third-order valence-corrected chi connectivity index (χ3v) is 8.38. The van der Waals surface area contributed by atoms with Crippen LogP contribution in [0.2, 0.25) is 10.0 Å². The summed E-state index contributed by atoms with van der Waals surface area (Å²) in [6.07, 6.45) is 0.0858. The molecule has 0 N–H and O–H groups in total.